The van der Waals surface area contributed by atoms with Gasteiger partial charge in [0.2, 0.25) is 5.95 Å². The number of hydrogen-bond donors (Lipinski definition) is 2. The van der Waals surface area contributed by atoms with E-state index in [0.717, 1.165) is 5.56 Å². The Kier molecular flexibility index (Phi) is 4.89. The SMILES string of the molecule is O=c1[nH]c(NN=CC=Cc2ccccc2)nnc1-c1ccccc1. The summed E-state index contributed by atoms with van der Waals surface area (Å²) >= 11 is 0. The zero-order chi connectivity index (χ0) is 16.6. The molecule has 0 bridgehead atoms. The monoisotopic (exact) mass is 317 g/mol. The lowest BCUT2D eigenvalue weighted by atomic mass is 10.2. The molecule has 1 heterocycles. The molecule has 0 fully saturated rings. The van der Waals surface area contributed by atoms with E-state index in [1.807, 2.05) is 54.6 Å². The first-order chi connectivity index (χ1) is 11.8. The summed E-state index contributed by atoms with van der Waals surface area (Å²) in [6.45, 7) is 0. The van der Waals surface area contributed by atoms with Crippen molar-refractivity contribution >= 4 is 18.2 Å². The minimum absolute atomic E-state index is 0.184. The number of allylic oxidation sites excluding steroid dienone is 1. The molecule has 3 aromatic rings. The van der Waals surface area contributed by atoms with Crippen molar-refractivity contribution in [1.82, 2.24) is 15.2 Å². The fraction of sp³-hybridized carbons (Fsp3) is 0. The zero-order valence-electron chi connectivity index (χ0n) is 12.8. The number of anilines is 1. The lowest BCUT2D eigenvalue weighted by molar-refractivity contribution is 0.947. The van der Waals surface area contributed by atoms with Crippen molar-refractivity contribution in [2.75, 3.05) is 5.43 Å². The van der Waals surface area contributed by atoms with Crippen molar-refractivity contribution in [2.45, 2.75) is 0 Å². The molecule has 0 unspecified atom stereocenters. The van der Waals surface area contributed by atoms with Crippen LogP contribution in [0.1, 0.15) is 5.56 Å². The fourth-order valence-electron chi connectivity index (χ4n) is 2.03. The van der Waals surface area contributed by atoms with Gasteiger partial charge in [0, 0.05) is 11.8 Å². The normalized spacial score (nSPS) is 11.2. The Bertz CT molecular complexity index is 901. The quantitative estimate of drug-likeness (QED) is 0.560. The number of nitrogens with one attached hydrogen (secondary N) is 2. The maximum absolute atomic E-state index is 12.1. The fourth-order valence-corrected chi connectivity index (χ4v) is 2.03. The van der Waals surface area contributed by atoms with Crippen molar-refractivity contribution in [3.8, 4) is 11.3 Å². The van der Waals surface area contributed by atoms with Crippen LogP contribution in [0.25, 0.3) is 17.3 Å². The molecular weight excluding hydrogens is 302 g/mol. The van der Waals surface area contributed by atoms with E-state index in [1.54, 1.807) is 24.4 Å². The third-order valence-electron chi connectivity index (χ3n) is 3.16. The van der Waals surface area contributed by atoms with E-state index >= 15 is 0 Å². The number of benzene rings is 2. The molecule has 1 aromatic heterocycles. The van der Waals surface area contributed by atoms with Gasteiger partial charge in [0.25, 0.3) is 5.56 Å². The van der Waals surface area contributed by atoms with Gasteiger partial charge in [-0.15, -0.1) is 10.2 Å². The van der Waals surface area contributed by atoms with Crippen LogP contribution in [0.2, 0.25) is 0 Å². The summed E-state index contributed by atoms with van der Waals surface area (Å²) in [7, 11) is 0. The maximum Gasteiger partial charge on any atom is 0.279 e. The molecule has 118 valence electrons. The molecule has 0 aliphatic rings. The Morgan fingerprint density at radius 2 is 1.67 bits per heavy atom. The minimum Gasteiger partial charge on any atom is -0.288 e. The van der Waals surface area contributed by atoms with Crippen LogP contribution < -0.4 is 11.0 Å². The summed E-state index contributed by atoms with van der Waals surface area (Å²) in [4.78, 5) is 14.7. The number of aromatic amines is 1. The van der Waals surface area contributed by atoms with E-state index in [4.69, 9.17) is 0 Å². The smallest absolute Gasteiger partial charge is 0.279 e. The highest BCUT2D eigenvalue weighted by atomic mass is 16.1. The van der Waals surface area contributed by atoms with Crippen molar-refractivity contribution in [3.05, 3.63) is 82.7 Å². The summed E-state index contributed by atoms with van der Waals surface area (Å²) in [5, 5.41) is 11.8. The van der Waals surface area contributed by atoms with Gasteiger partial charge < -0.3 is 0 Å². The number of hydrazone groups is 1. The van der Waals surface area contributed by atoms with Gasteiger partial charge in [0.1, 0.15) is 0 Å². The maximum atomic E-state index is 12.1. The molecule has 24 heavy (non-hydrogen) atoms. The van der Waals surface area contributed by atoms with Crippen LogP contribution in [0.15, 0.2) is 76.6 Å². The van der Waals surface area contributed by atoms with Gasteiger partial charge in [0.15, 0.2) is 5.69 Å². The highest BCUT2D eigenvalue weighted by molar-refractivity contribution is 5.78. The van der Waals surface area contributed by atoms with E-state index in [9.17, 15) is 4.79 Å². The Morgan fingerprint density at radius 1 is 0.958 bits per heavy atom. The number of nitrogens with zero attached hydrogens (tertiary/aromatic N) is 3. The predicted octanol–water partition coefficient (Wildman–Crippen LogP) is 2.94. The molecule has 3 rings (SSSR count). The zero-order valence-corrected chi connectivity index (χ0v) is 12.8. The topological polar surface area (TPSA) is 83.0 Å². The Balaban J connectivity index is 1.64. The third-order valence-corrected chi connectivity index (χ3v) is 3.16. The number of aromatic nitrogens is 3. The average molecular weight is 317 g/mol. The van der Waals surface area contributed by atoms with Gasteiger partial charge >= 0.3 is 0 Å². The standard InChI is InChI=1S/C18H15N5O/c24-17-16(15-11-5-2-6-12-15)21-23-18(20-17)22-19-13-7-10-14-8-3-1-4-9-14/h1-13H,(H2,20,22,23,24). The summed E-state index contributed by atoms with van der Waals surface area (Å²) in [6.07, 6.45) is 5.27. The highest BCUT2D eigenvalue weighted by Crippen LogP contribution is 2.10. The van der Waals surface area contributed by atoms with Gasteiger partial charge in [-0.2, -0.15) is 5.10 Å². The molecular formula is C18H15N5O. The number of hydrogen-bond acceptors (Lipinski definition) is 5. The molecule has 0 aliphatic heterocycles. The van der Waals surface area contributed by atoms with Crippen LogP contribution in [0, 0.1) is 0 Å². The largest absolute Gasteiger partial charge is 0.288 e. The van der Waals surface area contributed by atoms with Crippen molar-refractivity contribution in [2.24, 2.45) is 5.10 Å². The van der Waals surface area contributed by atoms with E-state index in [1.165, 1.54) is 0 Å². The van der Waals surface area contributed by atoms with Gasteiger partial charge in [-0.05, 0) is 11.6 Å². The van der Waals surface area contributed by atoms with Crippen LogP contribution in [0.5, 0.6) is 0 Å². The summed E-state index contributed by atoms with van der Waals surface area (Å²) in [5.41, 5.74) is 4.37. The highest BCUT2D eigenvalue weighted by Gasteiger charge is 2.06. The second-order valence-corrected chi connectivity index (χ2v) is 4.88. The van der Waals surface area contributed by atoms with E-state index in [2.05, 4.69) is 25.7 Å². The van der Waals surface area contributed by atoms with Gasteiger partial charge in [0.05, 0.1) is 0 Å². The molecule has 6 heteroatoms. The van der Waals surface area contributed by atoms with Gasteiger partial charge in [-0.1, -0.05) is 66.7 Å². The van der Waals surface area contributed by atoms with Crippen molar-refractivity contribution in [3.63, 3.8) is 0 Å². The predicted molar refractivity (Wildman–Crippen MR) is 95.7 cm³/mol. The Morgan fingerprint density at radius 3 is 2.38 bits per heavy atom. The van der Waals surface area contributed by atoms with Crippen molar-refractivity contribution in [1.29, 1.82) is 0 Å². The summed E-state index contributed by atoms with van der Waals surface area (Å²) < 4.78 is 0. The molecule has 0 saturated heterocycles. The lowest BCUT2D eigenvalue weighted by Gasteiger charge is -2.00. The molecule has 0 aliphatic carbocycles. The lowest BCUT2D eigenvalue weighted by Crippen LogP contribution is -2.15. The van der Waals surface area contributed by atoms with E-state index < -0.39 is 0 Å². The number of rotatable bonds is 5. The molecule has 0 saturated carbocycles. The van der Waals surface area contributed by atoms with Crippen LogP contribution in [-0.4, -0.2) is 21.4 Å². The van der Waals surface area contributed by atoms with Crippen molar-refractivity contribution < 1.29 is 0 Å². The van der Waals surface area contributed by atoms with Gasteiger partial charge in [-0.3, -0.25) is 9.78 Å². The molecule has 2 aromatic carbocycles. The van der Waals surface area contributed by atoms with E-state index in [-0.39, 0.29) is 17.2 Å². The first-order valence-electron chi connectivity index (χ1n) is 7.36. The van der Waals surface area contributed by atoms with Crippen LogP contribution in [0.3, 0.4) is 0 Å². The molecule has 0 atom stereocenters. The first kappa shape index (κ1) is 15.4. The second kappa shape index (κ2) is 7.64. The third kappa shape index (κ3) is 4.01. The molecule has 0 radical (unpaired) electrons. The van der Waals surface area contributed by atoms with Gasteiger partial charge in [-0.25, -0.2) is 5.43 Å². The summed E-state index contributed by atoms with van der Waals surface area (Å²) in [5.74, 6) is 0.184. The van der Waals surface area contributed by atoms with Crippen LogP contribution >= 0.6 is 0 Å². The number of H-pyrrole nitrogens is 1. The Labute approximate surface area is 138 Å². The van der Waals surface area contributed by atoms with Crippen LogP contribution in [-0.2, 0) is 0 Å². The summed E-state index contributed by atoms with van der Waals surface area (Å²) in [6, 6.07) is 19.0. The van der Waals surface area contributed by atoms with Crippen LogP contribution in [0.4, 0.5) is 5.95 Å². The minimum atomic E-state index is -0.325. The molecule has 2 N–H and O–H groups in total. The average Bonchev–Trinajstić information content (AvgIpc) is 2.63. The Hall–Kier alpha value is -3.54. The molecule has 0 amide bonds. The molecule has 6 nitrogen and oxygen atoms in total. The first-order valence-corrected chi connectivity index (χ1v) is 7.36. The second-order valence-electron chi connectivity index (χ2n) is 4.88. The molecule has 0 spiro atoms. The van der Waals surface area contributed by atoms with E-state index in [0.29, 0.717) is 5.56 Å².